The summed E-state index contributed by atoms with van der Waals surface area (Å²) in [6, 6.07) is 27.3. The molecule has 3 heteroatoms. The molecule has 152 valence electrons. The van der Waals surface area contributed by atoms with Crippen LogP contribution in [0.1, 0.15) is 35.6 Å². The van der Waals surface area contributed by atoms with Gasteiger partial charge >= 0.3 is 0 Å². The molecule has 1 saturated heterocycles. The minimum atomic E-state index is 0.0457. The lowest BCUT2D eigenvalue weighted by Gasteiger charge is -2.21. The number of benzene rings is 4. The summed E-state index contributed by atoms with van der Waals surface area (Å²) in [5.41, 5.74) is 3.16. The van der Waals surface area contributed by atoms with Crippen molar-refractivity contribution in [1.29, 1.82) is 0 Å². The molecule has 0 aliphatic carbocycles. The van der Waals surface area contributed by atoms with Gasteiger partial charge < -0.3 is 10.6 Å². The Hall–Kier alpha value is -3.61. The van der Waals surface area contributed by atoms with Gasteiger partial charge in [0.2, 0.25) is 5.91 Å². The van der Waals surface area contributed by atoms with Crippen LogP contribution in [0.15, 0.2) is 78.9 Å². The molecule has 1 amide bonds. The number of hydrogen-bond acceptors (Lipinski definition) is 2. The molecule has 0 aromatic heterocycles. The van der Waals surface area contributed by atoms with Gasteiger partial charge in [0.05, 0.1) is 0 Å². The van der Waals surface area contributed by atoms with E-state index in [0.717, 1.165) is 36.2 Å². The minimum Gasteiger partial charge on any atom is -0.356 e. The molecule has 1 heterocycles. The maximum Gasteiger partial charge on any atom is 0.221 e. The topological polar surface area (TPSA) is 41.1 Å². The van der Waals surface area contributed by atoms with E-state index >= 15 is 0 Å². The van der Waals surface area contributed by atoms with Crippen LogP contribution in [-0.4, -0.2) is 19.0 Å². The molecular weight excluding hydrogens is 380 g/mol. The van der Waals surface area contributed by atoms with Crippen molar-refractivity contribution in [1.82, 2.24) is 10.6 Å². The molecule has 1 fully saturated rings. The first kappa shape index (κ1) is 19.4. The Morgan fingerprint density at radius 2 is 1.45 bits per heavy atom. The molecule has 4 aromatic rings. The molecule has 1 aliphatic heterocycles. The standard InChI is InChI=1S/C28H24N2O/c31-28-19-27(29-16-5-17-30-28)21-13-10-20(11-14-21)12-15-26-24-8-3-1-6-22(24)18-23-7-2-4-9-25(23)26/h1-4,6-11,13-14,18,27,29H,5,16-17,19H2,(H,30,31). The molecule has 0 radical (unpaired) electrons. The van der Waals surface area contributed by atoms with Crippen molar-refractivity contribution in [2.24, 2.45) is 0 Å². The van der Waals surface area contributed by atoms with Gasteiger partial charge in [0, 0.05) is 30.1 Å². The second-order valence-electron chi connectivity index (χ2n) is 7.98. The number of carbonyl (C=O) groups excluding carboxylic acids is 1. The van der Waals surface area contributed by atoms with Crippen LogP contribution in [0.5, 0.6) is 0 Å². The zero-order valence-electron chi connectivity index (χ0n) is 17.3. The quantitative estimate of drug-likeness (QED) is 0.349. The molecule has 0 saturated carbocycles. The molecule has 1 atom stereocenters. The van der Waals surface area contributed by atoms with Gasteiger partial charge in [-0.25, -0.2) is 0 Å². The predicted molar refractivity (Wildman–Crippen MR) is 127 cm³/mol. The first-order chi connectivity index (χ1) is 15.3. The van der Waals surface area contributed by atoms with E-state index in [9.17, 15) is 4.79 Å². The van der Waals surface area contributed by atoms with Crippen LogP contribution in [0.4, 0.5) is 0 Å². The molecule has 0 spiro atoms. The highest BCUT2D eigenvalue weighted by Gasteiger charge is 2.17. The largest absolute Gasteiger partial charge is 0.356 e. The highest BCUT2D eigenvalue weighted by atomic mass is 16.1. The van der Waals surface area contributed by atoms with Gasteiger partial charge in [-0.05, 0) is 58.3 Å². The molecule has 2 N–H and O–H groups in total. The Morgan fingerprint density at radius 1 is 0.774 bits per heavy atom. The summed E-state index contributed by atoms with van der Waals surface area (Å²) in [4.78, 5) is 12.0. The summed E-state index contributed by atoms with van der Waals surface area (Å²) in [7, 11) is 0. The number of carbonyl (C=O) groups is 1. The molecule has 1 aliphatic rings. The summed E-state index contributed by atoms with van der Waals surface area (Å²) in [6.45, 7) is 1.65. The van der Waals surface area contributed by atoms with Crippen LogP contribution < -0.4 is 10.6 Å². The van der Waals surface area contributed by atoms with Crippen molar-refractivity contribution in [2.75, 3.05) is 13.1 Å². The van der Waals surface area contributed by atoms with E-state index in [2.05, 4.69) is 89.2 Å². The van der Waals surface area contributed by atoms with Crippen molar-refractivity contribution in [3.05, 3.63) is 95.6 Å². The van der Waals surface area contributed by atoms with Crippen molar-refractivity contribution in [3.63, 3.8) is 0 Å². The fraction of sp³-hybridized carbons (Fsp3) is 0.179. The van der Waals surface area contributed by atoms with E-state index < -0.39 is 0 Å². The fourth-order valence-corrected chi connectivity index (χ4v) is 4.24. The highest BCUT2D eigenvalue weighted by molar-refractivity contribution is 6.04. The zero-order valence-corrected chi connectivity index (χ0v) is 17.3. The van der Waals surface area contributed by atoms with E-state index in [-0.39, 0.29) is 11.9 Å². The van der Waals surface area contributed by atoms with Gasteiger partial charge in [0.25, 0.3) is 0 Å². The molecule has 1 unspecified atom stereocenters. The molecule has 3 nitrogen and oxygen atoms in total. The second-order valence-corrected chi connectivity index (χ2v) is 7.98. The Morgan fingerprint density at radius 3 is 2.16 bits per heavy atom. The molecule has 31 heavy (non-hydrogen) atoms. The van der Waals surface area contributed by atoms with Crippen LogP contribution in [0.25, 0.3) is 21.5 Å². The summed E-state index contributed by atoms with van der Waals surface area (Å²) in [5, 5.41) is 11.2. The van der Waals surface area contributed by atoms with Gasteiger partial charge in [-0.2, -0.15) is 0 Å². The molecule has 5 rings (SSSR count). The third kappa shape index (κ3) is 4.17. The smallest absolute Gasteiger partial charge is 0.221 e. The lowest BCUT2D eigenvalue weighted by Crippen LogP contribution is -2.36. The van der Waals surface area contributed by atoms with Crippen molar-refractivity contribution >= 4 is 27.5 Å². The van der Waals surface area contributed by atoms with Crippen LogP contribution >= 0.6 is 0 Å². The third-order valence-electron chi connectivity index (χ3n) is 5.87. The second kappa shape index (κ2) is 8.63. The minimum absolute atomic E-state index is 0.0457. The molecular formula is C28H24N2O. The summed E-state index contributed by atoms with van der Waals surface area (Å²) < 4.78 is 0. The Labute approximate surface area is 182 Å². The average molecular weight is 405 g/mol. The lowest BCUT2D eigenvalue weighted by molar-refractivity contribution is -0.121. The summed E-state index contributed by atoms with van der Waals surface area (Å²) >= 11 is 0. The van der Waals surface area contributed by atoms with Crippen LogP contribution in [0.2, 0.25) is 0 Å². The zero-order chi connectivity index (χ0) is 21.0. The van der Waals surface area contributed by atoms with Crippen molar-refractivity contribution in [3.8, 4) is 11.8 Å². The van der Waals surface area contributed by atoms with E-state index in [1.54, 1.807) is 0 Å². The normalized spacial score (nSPS) is 16.8. The molecule has 0 bridgehead atoms. The van der Waals surface area contributed by atoms with Crippen molar-refractivity contribution < 1.29 is 4.79 Å². The molecule has 4 aromatic carbocycles. The van der Waals surface area contributed by atoms with E-state index in [1.807, 2.05) is 12.1 Å². The fourth-order valence-electron chi connectivity index (χ4n) is 4.24. The summed E-state index contributed by atoms with van der Waals surface area (Å²) in [6.07, 6.45) is 1.41. The highest BCUT2D eigenvalue weighted by Crippen LogP contribution is 2.28. The van der Waals surface area contributed by atoms with Crippen LogP contribution in [0, 0.1) is 11.8 Å². The maximum atomic E-state index is 12.0. The van der Waals surface area contributed by atoms with Gasteiger partial charge in [0.15, 0.2) is 0 Å². The van der Waals surface area contributed by atoms with E-state index in [4.69, 9.17) is 0 Å². The summed E-state index contributed by atoms with van der Waals surface area (Å²) in [5.74, 6) is 6.90. The van der Waals surface area contributed by atoms with Crippen LogP contribution in [0.3, 0.4) is 0 Å². The number of nitrogens with one attached hydrogen (secondary N) is 2. The number of rotatable bonds is 1. The number of hydrogen-bond donors (Lipinski definition) is 2. The Kier molecular flexibility index (Phi) is 5.39. The average Bonchev–Trinajstić information content (AvgIpc) is 2.79. The number of fused-ring (bicyclic) bond motifs is 2. The first-order valence-electron chi connectivity index (χ1n) is 10.8. The maximum absolute atomic E-state index is 12.0. The SMILES string of the molecule is O=C1CC(c2ccc(C#Cc3c4ccccc4cc4ccccc34)cc2)NCCCN1. The monoisotopic (exact) mass is 404 g/mol. The van der Waals surface area contributed by atoms with Crippen LogP contribution in [-0.2, 0) is 4.79 Å². The Bertz CT molecular complexity index is 1260. The first-order valence-corrected chi connectivity index (χ1v) is 10.8. The van der Waals surface area contributed by atoms with Gasteiger partial charge in [-0.15, -0.1) is 0 Å². The predicted octanol–water partition coefficient (Wildman–Crippen LogP) is 4.93. The van der Waals surface area contributed by atoms with Gasteiger partial charge in [0.1, 0.15) is 0 Å². The van der Waals surface area contributed by atoms with Crippen molar-refractivity contribution in [2.45, 2.75) is 18.9 Å². The van der Waals surface area contributed by atoms with E-state index in [1.165, 1.54) is 21.5 Å². The Balaban J connectivity index is 1.48. The van der Waals surface area contributed by atoms with Gasteiger partial charge in [-0.3, -0.25) is 4.79 Å². The van der Waals surface area contributed by atoms with E-state index in [0.29, 0.717) is 6.42 Å². The lowest BCUT2D eigenvalue weighted by atomic mass is 9.96. The number of amides is 1. The third-order valence-corrected chi connectivity index (χ3v) is 5.87. The van der Waals surface area contributed by atoms with Gasteiger partial charge in [-0.1, -0.05) is 72.5 Å².